The summed E-state index contributed by atoms with van der Waals surface area (Å²) < 4.78 is 13.3. The van der Waals surface area contributed by atoms with E-state index in [0.717, 1.165) is 25.7 Å². The van der Waals surface area contributed by atoms with Gasteiger partial charge in [0.2, 0.25) is 0 Å². The van der Waals surface area contributed by atoms with Crippen LogP contribution in [0.25, 0.3) is 0 Å². The van der Waals surface area contributed by atoms with Crippen LogP contribution in [-0.2, 0) is 6.54 Å². The molecule has 116 valence electrons. The van der Waals surface area contributed by atoms with Gasteiger partial charge in [-0.2, -0.15) is 0 Å². The largest absolute Gasteiger partial charge is 0.505 e. The van der Waals surface area contributed by atoms with E-state index in [4.69, 9.17) is 0 Å². The maximum Gasteiger partial charge on any atom is 0.254 e. The van der Waals surface area contributed by atoms with Crippen LogP contribution in [0.5, 0.6) is 5.75 Å². The van der Waals surface area contributed by atoms with Crippen LogP contribution < -0.4 is 0 Å². The van der Waals surface area contributed by atoms with E-state index in [1.807, 2.05) is 11.7 Å². The van der Waals surface area contributed by atoms with E-state index in [9.17, 15) is 14.3 Å². The molecule has 1 saturated heterocycles. The number of aromatic nitrogens is 1. The van der Waals surface area contributed by atoms with Crippen LogP contribution in [0.3, 0.4) is 0 Å². The molecule has 2 heterocycles. The predicted molar refractivity (Wildman–Crippen MR) is 81.4 cm³/mol. The number of hydrogen-bond acceptors (Lipinski definition) is 5. The van der Waals surface area contributed by atoms with Gasteiger partial charge in [0, 0.05) is 49.4 Å². The summed E-state index contributed by atoms with van der Waals surface area (Å²) in [5.41, 5.74) is 2.08. The van der Waals surface area contributed by atoms with Gasteiger partial charge in [-0.1, -0.05) is 0 Å². The van der Waals surface area contributed by atoms with Crippen LogP contribution in [-0.4, -0.2) is 52.0 Å². The number of amides is 1. The first kappa shape index (κ1) is 14.9. The minimum atomic E-state index is -0.769. The highest BCUT2D eigenvalue weighted by atomic mass is 32.1. The molecular formula is C15H16FN3O2S. The SMILES string of the molecule is O=C(c1ccc(O)c(F)c1)N1CCN(Cc2cncs2)CC1. The summed E-state index contributed by atoms with van der Waals surface area (Å²) in [6, 6.07) is 3.74. The Bertz CT molecular complexity index is 655. The molecule has 1 aliphatic rings. The molecule has 1 fully saturated rings. The number of rotatable bonds is 3. The van der Waals surface area contributed by atoms with Gasteiger partial charge in [0.25, 0.3) is 5.91 Å². The number of phenols is 1. The van der Waals surface area contributed by atoms with Crippen molar-refractivity contribution in [1.29, 1.82) is 0 Å². The summed E-state index contributed by atoms with van der Waals surface area (Å²) in [6.07, 6.45) is 1.86. The number of aromatic hydroxyl groups is 1. The summed E-state index contributed by atoms with van der Waals surface area (Å²) >= 11 is 1.62. The van der Waals surface area contributed by atoms with Gasteiger partial charge >= 0.3 is 0 Å². The molecule has 0 spiro atoms. The normalized spacial score (nSPS) is 16.0. The van der Waals surface area contributed by atoms with Crippen LogP contribution >= 0.6 is 11.3 Å². The highest BCUT2D eigenvalue weighted by molar-refractivity contribution is 7.09. The molecule has 7 heteroatoms. The lowest BCUT2D eigenvalue weighted by molar-refractivity contribution is 0.0629. The monoisotopic (exact) mass is 321 g/mol. The van der Waals surface area contributed by atoms with Crippen molar-refractivity contribution in [3.8, 4) is 5.75 Å². The summed E-state index contributed by atoms with van der Waals surface area (Å²) in [7, 11) is 0. The van der Waals surface area contributed by atoms with Crippen LogP contribution in [0.2, 0.25) is 0 Å². The van der Waals surface area contributed by atoms with Gasteiger partial charge in [-0.3, -0.25) is 14.7 Å². The first-order chi connectivity index (χ1) is 10.6. The van der Waals surface area contributed by atoms with E-state index in [1.165, 1.54) is 17.0 Å². The second-order valence-corrected chi connectivity index (χ2v) is 6.17. The molecule has 0 bridgehead atoms. The number of phenolic OH excluding ortho intramolecular Hbond substituents is 1. The van der Waals surface area contributed by atoms with Gasteiger partial charge in [0.15, 0.2) is 11.6 Å². The standard InChI is InChI=1S/C15H16FN3O2S/c16-13-7-11(1-2-14(13)20)15(21)19-5-3-18(4-6-19)9-12-8-17-10-22-12/h1-2,7-8,10,20H,3-6,9H2. The Morgan fingerprint density at radius 2 is 2.09 bits per heavy atom. The fourth-order valence-electron chi connectivity index (χ4n) is 2.47. The van der Waals surface area contributed by atoms with Crippen molar-refractivity contribution < 1.29 is 14.3 Å². The second-order valence-electron chi connectivity index (χ2n) is 5.20. The molecule has 0 atom stereocenters. The van der Waals surface area contributed by atoms with Crippen molar-refractivity contribution in [2.45, 2.75) is 6.54 Å². The molecule has 1 aromatic carbocycles. The number of benzene rings is 1. The summed E-state index contributed by atoms with van der Waals surface area (Å²) in [6.45, 7) is 3.63. The Morgan fingerprint density at radius 3 is 2.73 bits per heavy atom. The number of thiazole rings is 1. The zero-order valence-corrected chi connectivity index (χ0v) is 12.7. The van der Waals surface area contributed by atoms with Crippen LogP contribution in [0.1, 0.15) is 15.2 Å². The average molecular weight is 321 g/mol. The second kappa shape index (κ2) is 6.41. The minimum Gasteiger partial charge on any atom is -0.505 e. The molecule has 0 saturated carbocycles. The van der Waals surface area contributed by atoms with E-state index in [1.54, 1.807) is 16.2 Å². The molecule has 22 heavy (non-hydrogen) atoms. The van der Waals surface area contributed by atoms with Crippen molar-refractivity contribution >= 4 is 17.2 Å². The first-order valence-corrected chi connectivity index (χ1v) is 7.89. The van der Waals surface area contributed by atoms with Gasteiger partial charge in [0.05, 0.1) is 5.51 Å². The molecule has 1 N–H and O–H groups in total. The lowest BCUT2D eigenvalue weighted by atomic mass is 10.1. The van der Waals surface area contributed by atoms with E-state index in [2.05, 4.69) is 9.88 Å². The van der Waals surface area contributed by atoms with Gasteiger partial charge in [-0.25, -0.2) is 4.39 Å². The Morgan fingerprint density at radius 1 is 1.32 bits per heavy atom. The molecule has 1 aliphatic heterocycles. The number of carbonyl (C=O) groups is 1. The van der Waals surface area contributed by atoms with Crippen molar-refractivity contribution in [2.24, 2.45) is 0 Å². The van der Waals surface area contributed by atoms with Crippen LogP contribution in [0.15, 0.2) is 29.9 Å². The Hall–Kier alpha value is -1.99. The van der Waals surface area contributed by atoms with Gasteiger partial charge in [-0.05, 0) is 18.2 Å². The highest BCUT2D eigenvalue weighted by Crippen LogP contribution is 2.18. The fourth-order valence-corrected chi connectivity index (χ4v) is 3.11. The third-order valence-corrected chi connectivity index (χ3v) is 4.48. The van der Waals surface area contributed by atoms with E-state index in [0.29, 0.717) is 13.1 Å². The summed E-state index contributed by atoms with van der Waals surface area (Å²) in [5, 5.41) is 9.18. The highest BCUT2D eigenvalue weighted by Gasteiger charge is 2.23. The number of carbonyl (C=O) groups excluding carboxylic acids is 1. The van der Waals surface area contributed by atoms with Gasteiger partial charge in [-0.15, -0.1) is 11.3 Å². The van der Waals surface area contributed by atoms with Gasteiger partial charge < -0.3 is 10.0 Å². The third kappa shape index (κ3) is 3.26. The molecule has 2 aromatic rings. The molecule has 1 aromatic heterocycles. The Balaban J connectivity index is 1.58. The third-order valence-electron chi connectivity index (χ3n) is 3.72. The maximum absolute atomic E-state index is 13.3. The molecular weight excluding hydrogens is 305 g/mol. The average Bonchev–Trinajstić information content (AvgIpc) is 3.03. The maximum atomic E-state index is 13.3. The topological polar surface area (TPSA) is 56.7 Å². The smallest absolute Gasteiger partial charge is 0.254 e. The zero-order valence-electron chi connectivity index (χ0n) is 11.9. The Labute approximate surface area is 131 Å². The molecule has 0 radical (unpaired) electrons. The zero-order chi connectivity index (χ0) is 15.5. The van der Waals surface area contributed by atoms with Crippen molar-refractivity contribution in [3.05, 3.63) is 46.2 Å². The van der Waals surface area contributed by atoms with E-state index in [-0.39, 0.29) is 11.5 Å². The molecule has 0 unspecified atom stereocenters. The molecule has 1 amide bonds. The molecule has 0 aliphatic carbocycles. The van der Waals surface area contributed by atoms with Crippen molar-refractivity contribution in [2.75, 3.05) is 26.2 Å². The van der Waals surface area contributed by atoms with Gasteiger partial charge in [0.1, 0.15) is 0 Å². The van der Waals surface area contributed by atoms with E-state index < -0.39 is 11.6 Å². The molecule has 5 nitrogen and oxygen atoms in total. The summed E-state index contributed by atoms with van der Waals surface area (Å²) in [5.74, 6) is -1.41. The fraction of sp³-hybridized carbons (Fsp3) is 0.333. The van der Waals surface area contributed by atoms with Crippen molar-refractivity contribution in [3.63, 3.8) is 0 Å². The lowest BCUT2D eigenvalue weighted by Gasteiger charge is -2.34. The predicted octanol–water partition coefficient (Wildman–Crippen LogP) is 1.95. The lowest BCUT2D eigenvalue weighted by Crippen LogP contribution is -2.48. The minimum absolute atomic E-state index is 0.198. The van der Waals surface area contributed by atoms with E-state index >= 15 is 0 Å². The number of halogens is 1. The number of nitrogens with zero attached hydrogens (tertiary/aromatic N) is 3. The number of piperazine rings is 1. The quantitative estimate of drug-likeness (QED) is 0.939. The van der Waals surface area contributed by atoms with Crippen LogP contribution in [0.4, 0.5) is 4.39 Å². The van der Waals surface area contributed by atoms with Crippen molar-refractivity contribution in [1.82, 2.24) is 14.8 Å². The summed E-state index contributed by atoms with van der Waals surface area (Å²) in [4.78, 5) is 21.6. The van der Waals surface area contributed by atoms with Crippen LogP contribution in [0, 0.1) is 5.82 Å². The molecule has 3 rings (SSSR count). The number of hydrogen-bond donors (Lipinski definition) is 1. The Kier molecular flexibility index (Phi) is 4.35. The first-order valence-electron chi connectivity index (χ1n) is 7.01.